The maximum Gasteiger partial charge on any atom is 0.253 e. The fourth-order valence-corrected chi connectivity index (χ4v) is 2.37. The molecule has 0 radical (unpaired) electrons. The number of amides is 1. The highest BCUT2D eigenvalue weighted by Crippen LogP contribution is 2.29. The van der Waals surface area contributed by atoms with Crippen molar-refractivity contribution in [1.82, 2.24) is 5.32 Å². The molecule has 1 aliphatic rings. The molecular formula is C20H18FNO3. The molecule has 1 fully saturated rings. The number of nitrogens with one attached hydrogen (secondary N) is 1. The van der Waals surface area contributed by atoms with Gasteiger partial charge in [0.2, 0.25) is 0 Å². The molecule has 1 heterocycles. The van der Waals surface area contributed by atoms with Crippen LogP contribution in [-0.4, -0.2) is 30.5 Å². The minimum absolute atomic E-state index is 0.323. The predicted octanol–water partition coefficient (Wildman–Crippen LogP) is 2.31. The average molecular weight is 339 g/mol. The number of benzene rings is 2. The Bertz CT molecular complexity index is 832. The van der Waals surface area contributed by atoms with Gasteiger partial charge in [0.15, 0.2) is 0 Å². The zero-order valence-corrected chi connectivity index (χ0v) is 13.8. The van der Waals surface area contributed by atoms with Gasteiger partial charge in [0.05, 0.1) is 24.2 Å². The summed E-state index contributed by atoms with van der Waals surface area (Å²) < 4.78 is 18.6. The van der Waals surface area contributed by atoms with E-state index in [1.807, 2.05) is 6.92 Å². The average Bonchev–Trinajstić information content (AvgIpc) is 2.59. The lowest BCUT2D eigenvalue weighted by atomic mass is 9.86. The van der Waals surface area contributed by atoms with Gasteiger partial charge >= 0.3 is 0 Å². The van der Waals surface area contributed by atoms with Crippen LogP contribution in [0.25, 0.3) is 0 Å². The highest BCUT2D eigenvalue weighted by molar-refractivity contribution is 5.94. The highest BCUT2D eigenvalue weighted by Gasteiger charge is 2.41. The van der Waals surface area contributed by atoms with Gasteiger partial charge in [0.1, 0.15) is 12.0 Å². The smallest absolute Gasteiger partial charge is 0.253 e. The standard InChI is InChI=1S/C20H18FNO3/c1-20(12-25-13-20)19(24)22-18(23)16-10-7-14(8-11-16)6-9-15-4-2-3-5-17(15)21/h2-5,7-8,10-11,19,24H,12-13H2,1H3,(H,22,23). The Kier molecular flexibility index (Phi) is 4.84. The van der Waals surface area contributed by atoms with E-state index in [4.69, 9.17) is 4.74 Å². The number of aliphatic hydroxyl groups is 1. The minimum atomic E-state index is -0.964. The molecule has 2 aromatic carbocycles. The predicted molar refractivity (Wildman–Crippen MR) is 91.2 cm³/mol. The van der Waals surface area contributed by atoms with Gasteiger partial charge in [0.25, 0.3) is 5.91 Å². The zero-order chi connectivity index (χ0) is 17.9. The van der Waals surface area contributed by atoms with E-state index in [2.05, 4.69) is 17.2 Å². The van der Waals surface area contributed by atoms with Crippen molar-refractivity contribution < 1.29 is 19.0 Å². The number of hydrogen-bond acceptors (Lipinski definition) is 3. The summed E-state index contributed by atoms with van der Waals surface area (Å²) in [5, 5.41) is 12.7. The number of halogens is 1. The normalized spacial score (nSPS) is 16.1. The molecule has 1 aliphatic heterocycles. The molecule has 0 bridgehead atoms. The number of carbonyl (C=O) groups excluding carboxylic acids is 1. The van der Waals surface area contributed by atoms with Gasteiger partial charge < -0.3 is 15.2 Å². The molecule has 3 rings (SSSR count). The Morgan fingerprint density at radius 3 is 2.48 bits per heavy atom. The van der Waals surface area contributed by atoms with E-state index in [9.17, 15) is 14.3 Å². The first-order valence-electron chi connectivity index (χ1n) is 7.91. The van der Waals surface area contributed by atoms with Crippen LogP contribution < -0.4 is 5.32 Å². The van der Waals surface area contributed by atoms with Crippen LogP contribution in [-0.2, 0) is 4.74 Å². The summed E-state index contributed by atoms with van der Waals surface area (Å²) >= 11 is 0. The molecule has 2 N–H and O–H groups in total. The second kappa shape index (κ2) is 7.06. The van der Waals surface area contributed by atoms with Crippen molar-refractivity contribution >= 4 is 5.91 Å². The van der Waals surface area contributed by atoms with E-state index in [1.165, 1.54) is 6.07 Å². The Morgan fingerprint density at radius 1 is 1.20 bits per heavy atom. The lowest BCUT2D eigenvalue weighted by molar-refractivity contribution is -0.166. The van der Waals surface area contributed by atoms with Gasteiger partial charge in [-0.3, -0.25) is 4.79 Å². The number of ether oxygens (including phenoxy) is 1. The van der Waals surface area contributed by atoms with Crippen molar-refractivity contribution in [3.05, 3.63) is 71.0 Å². The fourth-order valence-electron chi connectivity index (χ4n) is 2.37. The first kappa shape index (κ1) is 17.2. The molecule has 25 heavy (non-hydrogen) atoms. The van der Waals surface area contributed by atoms with Crippen molar-refractivity contribution in [2.75, 3.05) is 13.2 Å². The first-order chi connectivity index (χ1) is 12.0. The number of aliphatic hydroxyl groups excluding tert-OH is 1. The van der Waals surface area contributed by atoms with Gasteiger partial charge in [-0.1, -0.05) is 30.9 Å². The Balaban J connectivity index is 1.66. The number of carbonyl (C=O) groups is 1. The molecule has 0 spiro atoms. The monoisotopic (exact) mass is 339 g/mol. The van der Waals surface area contributed by atoms with Crippen molar-refractivity contribution in [2.24, 2.45) is 5.41 Å². The molecule has 0 aliphatic carbocycles. The third-order valence-electron chi connectivity index (χ3n) is 4.15. The van der Waals surface area contributed by atoms with Crippen LogP contribution in [0.5, 0.6) is 0 Å². The van der Waals surface area contributed by atoms with Crippen LogP contribution in [0.3, 0.4) is 0 Å². The molecule has 1 unspecified atom stereocenters. The summed E-state index contributed by atoms with van der Waals surface area (Å²) in [5.41, 5.74) is 0.961. The van der Waals surface area contributed by atoms with Gasteiger partial charge in [-0.15, -0.1) is 0 Å². The van der Waals surface area contributed by atoms with Crippen LogP contribution in [0, 0.1) is 23.1 Å². The SMILES string of the molecule is CC1(C(O)NC(=O)c2ccc(C#Cc3ccccc3F)cc2)COC1. The van der Waals surface area contributed by atoms with Crippen LogP contribution in [0.1, 0.15) is 28.4 Å². The van der Waals surface area contributed by atoms with E-state index in [0.29, 0.717) is 29.9 Å². The Hall–Kier alpha value is -2.68. The number of rotatable bonds is 3. The molecule has 5 heteroatoms. The van der Waals surface area contributed by atoms with Gasteiger partial charge in [-0.05, 0) is 36.4 Å². The second-order valence-electron chi connectivity index (χ2n) is 6.33. The third-order valence-corrected chi connectivity index (χ3v) is 4.15. The van der Waals surface area contributed by atoms with E-state index in [1.54, 1.807) is 42.5 Å². The van der Waals surface area contributed by atoms with Crippen molar-refractivity contribution in [3.8, 4) is 11.8 Å². The molecule has 1 saturated heterocycles. The van der Waals surface area contributed by atoms with Gasteiger partial charge in [-0.2, -0.15) is 0 Å². The van der Waals surface area contributed by atoms with Crippen molar-refractivity contribution in [1.29, 1.82) is 0 Å². The summed E-state index contributed by atoms with van der Waals surface area (Å²) in [5.74, 6) is 4.90. The summed E-state index contributed by atoms with van der Waals surface area (Å²) in [6.45, 7) is 2.68. The largest absolute Gasteiger partial charge is 0.380 e. The van der Waals surface area contributed by atoms with Crippen molar-refractivity contribution in [2.45, 2.75) is 13.2 Å². The molecule has 2 aromatic rings. The van der Waals surface area contributed by atoms with Crippen molar-refractivity contribution in [3.63, 3.8) is 0 Å². The molecule has 128 valence electrons. The molecular weight excluding hydrogens is 321 g/mol. The number of hydrogen-bond donors (Lipinski definition) is 2. The van der Waals surface area contributed by atoms with Crippen LogP contribution >= 0.6 is 0 Å². The van der Waals surface area contributed by atoms with Crippen LogP contribution in [0.15, 0.2) is 48.5 Å². The molecule has 1 atom stereocenters. The van der Waals surface area contributed by atoms with E-state index in [-0.39, 0.29) is 11.7 Å². The summed E-state index contributed by atoms with van der Waals surface area (Å²) in [4.78, 5) is 12.2. The molecule has 1 amide bonds. The highest BCUT2D eigenvalue weighted by atomic mass is 19.1. The molecule has 0 saturated carbocycles. The van der Waals surface area contributed by atoms with Crippen LogP contribution in [0.2, 0.25) is 0 Å². The van der Waals surface area contributed by atoms with E-state index in [0.717, 1.165) is 0 Å². The summed E-state index contributed by atoms with van der Waals surface area (Å²) in [7, 11) is 0. The fraction of sp³-hybridized carbons (Fsp3) is 0.250. The Labute approximate surface area is 145 Å². The quantitative estimate of drug-likeness (QED) is 0.666. The minimum Gasteiger partial charge on any atom is -0.380 e. The Morgan fingerprint density at radius 2 is 1.88 bits per heavy atom. The third kappa shape index (κ3) is 3.87. The van der Waals surface area contributed by atoms with Crippen LogP contribution in [0.4, 0.5) is 4.39 Å². The molecule has 4 nitrogen and oxygen atoms in total. The zero-order valence-electron chi connectivity index (χ0n) is 13.8. The topological polar surface area (TPSA) is 58.6 Å². The van der Waals surface area contributed by atoms with Gasteiger partial charge in [-0.25, -0.2) is 4.39 Å². The summed E-state index contributed by atoms with van der Waals surface area (Å²) in [6.07, 6.45) is -0.964. The maximum absolute atomic E-state index is 13.5. The maximum atomic E-state index is 13.5. The first-order valence-corrected chi connectivity index (χ1v) is 7.91. The van der Waals surface area contributed by atoms with E-state index >= 15 is 0 Å². The lowest BCUT2D eigenvalue weighted by Crippen LogP contribution is -2.56. The lowest BCUT2D eigenvalue weighted by Gasteiger charge is -2.41. The molecule has 0 aromatic heterocycles. The summed E-state index contributed by atoms with van der Waals surface area (Å²) in [6, 6.07) is 12.9. The second-order valence-corrected chi connectivity index (χ2v) is 6.33. The van der Waals surface area contributed by atoms with E-state index < -0.39 is 11.6 Å². The van der Waals surface area contributed by atoms with Gasteiger partial charge in [0, 0.05) is 11.1 Å².